The highest BCUT2D eigenvalue weighted by molar-refractivity contribution is 6.06. The molecule has 0 atom stereocenters. The number of rotatable bonds is 3. The molecule has 0 N–H and O–H groups in total. The lowest BCUT2D eigenvalue weighted by Gasteiger charge is -2.13. The quantitative estimate of drug-likeness (QED) is 0.368. The topological polar surface area (TPSA) is 0 Å². The molecule has 0 aliphatic heterocycles. The van der Waals surface area contributed by atoms with Gasteiger partial charge in [0.1, 0.15) is 0 Å². The molecule has 0 nitrogen and oxygen atoms in total. The van der Waals surface area contributed by atoms with Crippen molar-refractivity contribution in [1.29, 1.82) is 0 Å². The van der Waals surface area contributed by atoms with Gasteiger partial charge in [0.15, 0.2) is 0 Å². The Bertz CT molecular complexity index is 1710. The molecule has 4 rings (SSSR count). The second kappa shape index (κ2) is 6.57. The Hall–Kier alpha value is -2.86. The summed E-state index contributed by atoms with van der Waals surface area (Å²) in [5.74, 6) is -0.413. The molecule has 0 saturated heterocycles. The van der Waals surface area contributed by atoms with Gasteiger partial charge in [-0.15, -0.1) is 0 Å². The normalized spacial score (nSPS) is 19.6. The summed E-state index contributed by atoms with van der Waals surface area (Å²) in [5, 5.41) is -0.864. The lowest BCUT2D eigenvalue weighted by atomic mass is 9.90. The van der Waals surface area contributed by atoms with Crippen LogP contribution < -0.4 is 0 Å². The first-order valence-electron chi connectivity index (χ1n) is 15.2. The Kier molecular flexibility index (Phi) is 1.61. The predicted molar refractivity (Wildman–Crippen MR) is 109 cm³/mol. The van der Waals surface area contributed by atoms with Crippen LogP contribution in [-0.2, 0) is 0 Å². The molecule has 0 radical (unpaired) electrons. The minimum absolute atomic E-state index is 0.0967. The van der Waals surface area contributed by atoms with E-state index in [1.54, 1.807) is 13.8 Å². The van der Waals surface area contributed by atoms with Gasteiger partial charge in [0, 0.05) is 0 Å². The standard InChI is InChI=1S/C25H22/c1-18(2)19-14-16-21(17-15-19)24-13-7-11-22-10-6-12-23(25(22)24)20-8-4-3-5-9-20/h3-18H,1-2H3/i3D,4D,5D,6D,7D,8D,9D,10D,11D,12D,13D,14D,15D,16D,17D. The van der Waals surface area contributed by atoms with Crippen LogP contribution in [0.15, 0.2) is 90.6 Å². The number of benzene rings is 4. The van der Waals surface area contributed by atoms with E-state index in [0.717, 1.165) is 0 Å². The van der Waals surface area contributed by atoms with Crippen LogP contribution in [0.3, 0.4) is 0 Å². The summed E-state index contributed by atoms with van der Waals surface area (Å²) in [5.41, 5.74) is -1.89. The monoisotopic (exact) mass is 337 g/mol. The van der Waals surface area contributed by atoms with Crippen LogP contribution in [0.2, 0.25) is 0 Å². The zero-order valence-corrected chi connectivity index (χ0v) is 13.6. The van der Waals surface area contributed by atoms with E-state index in [0.29, 0.717) is 0 Å². The number of fused-ring (bicyclic) bond motifs is 1. The molecule has 0 heterocycles. The molecule has 0 heteroatoms. The van der Waals surface area contributed by atoms with E-state index in [1.807, 2.05) is 0 Å². The maximum absolute atomic E-state index is 8.74. The van der Waals surface area contributed by atoms with E-state index in [2.05, 4.69) is 0 Å². The van der Waals surface area contributed by atoms with Crippen molar-refractivity contribution in [2.45, 2.75) is 19.8 Å². The summed E-state index contributed by atoms with van der Waals surface area (Å²) < 4.78 is 127. The molecule has 0 aliphatic rings. The first-order chi connectivity index (χ1) is 18.5. The zero-order valence-electron chi connectivity index (χ0n) is 28.6. The van der Waals surface area contributed by atoms with Gasteiger partial charge in [-0.1, -0.05) is 104 Å². The molecule has 4 aromatic carbocycles. The first-order valence-corrected chi connectivity index (χ1v) is 7.69. The molecule has 4 aromatic rings. The van der Waals surface area contributed by atoms with Crippen molar-refractivity contribution in [3.05, 3.63) is 96.2 Å². The number of hydrogen-bond acceptors (Lipinski definition) is 0. The maximum Gasteiger partial charge on any atom is 0.0629 e. The van der Waals surface area contributed by atoms with Crippen molar-refractivity contribution in [2.75, 3.05) is 0 Å². The Balaban J connectivity index is 2.45. The molecule has 0 bridgehead atoms. The Morgan fingerprint density at radius 2 is 1.16 bits per heavy atom. The summed E-state index contributed by atoms with van der Waals surface area (Å²) in [6.07, 6.45) is 0. The van der Waals surface area contributed by atoms with Crippen LogP contribution in [0.25, 0.3) is 33.0 Å². The fourth-order valence-corrected chi connectivity index (χ4v) is 2.45. The molecular formula is C25H22. The average molecular weight is 338 g/mol. The lowest BCUT2D eigenvalue weighted by Crippen LogP contribution is -1.89. The van der Waals surface area contributed by atoms with E-state index in [1.165, 1.54) is 0 Å². The van der Waals surface area contributed by atoms with Gasteiger partial charge in [-0.3, -0.25) is 0 Å². The molecule has 0 unspecified atom stereocenters. The fraction of sp³-hybridized carbons (Fsp3) is 0.120. The van der Waals surface area contributed by atoms with Crippen molar-refractivity contribution in [2.24, 2.45) is 0 Å². The molecule has 0 amide bonds. The van der Waals surface area contributed by atoms with Gasteiger partial charge in [0.05, 0.1) is 20.6 Å². The van der Waals surface area contributed by atoms with Crippen molar-refractivity contribution in [3.8, 4) is 22.3 Å². The van der Waals surface area contributed by atoms with Crippen molar-refractivity contribution >= 4 is 10.8 Å². The maximum atomic E-state index is 8.74. The van der Waals surface area contributed by atoms with Gasteiger partial charge < -0.3 is 0 Å². The van der Waals surface area contributed by atoms with Gasteiger partial charge in [-0.25, -0.2) is 0 Å². The minimum Gasteiger partial charge on any atom is -0.0622 e. The Labute approximate surface area is 170 Å². The SMILES string of the molecule is [2H]c1c([2H])c([2H])c(-c2c([2H])c([2H])c([2H])c3c([2H])c([2H])c([2H])c(-c4c([2H])c([2H])c(C(C)C)c([2H])c4[2H])c23)c([2H])c1[2H]. The third-order valence-corrected chi connectivity index (χ3v) is 3.72. The largest absolute Gasteiger partial charge is 0.0629 e. The smallest absolute Gasteiger partial charge is 0.0622 e. The van der Waals surface area contributed by atoms with Crippen LogP contribution in [-0.4, -0.2) is 0 Å². The molecule has 0 spiro atoms. The highest BCUT2D eigenvalue weighted by Gasteiger charge is 2.10. The number of hydrogen-bond donors (Lipinski definition) is 0. The molecule has 0 saturated carbocycles. The van der Waals surface area contributed by atoms with Crippen LogP contribution in [0, 0.1) is 0 Å². The summed E-state index contributed by atoms with van der Waals surface area (Å²) in [6, 6.07) is -10.2. The summed E-state index contributed by atoms with van der Waals surface area (Å²) in [7, 11) is 0. The summed E-state index contributed by atoms with van der Waals surface area (Å²) in [6.45, 7) is 3.36. The van der Waals surface area contributed by atoms with Gasteiger partial charge in [-0.05, 0) is 44.5 Å². The molecule has 0 aliphatic carbocycles. The second-order valence-corrected chi connectivity index (χ2v) is 5.69. The minimum atomic E-state index is -0.763. The van der Waals surface area contributed by atoms with Crippen molar-refractivity contribution < 1.29 is 20.6 Å². The third-order valence-electron chi connectivity index (χ3n) is 3.72. The van der Waals surface area contributed by atoms with Crippen LogP contribution in [0.5, 0.6) is 0 Å². The van der Waals surface area contributed by atoms with E-state index < -0.39 is 130 Å². The lowest BCUT2D eigenvalue weighted by molar-refractivity contribution is 0.867. The molecular weight excluding hydrogens is 300 g/mol. The summed E-state index contributed by atoms with van der Waals surface area (Å²) >= 11 is 0. The molecule has 122 valence electrons. The third kappa shape index (κ3) is 2.96. The van der Waals surface area contributed by atoms with E-state index in [4.69, 9.17) is 20.6 Å². The van der Waals surface area contributed by atoms with Gasteiger partial charge >= 0.3 is 0 Å². The van der Waals surface area contributed by atoms with Gasteiger partial charge in [0.2, 0.25) is 0 Å². The molecule has 25 heavy (non-hydrogen) atoms. The van der Waals surface area contributed by atoms with Crippen LogP contribution >= 0.6 is 0 Å². The van der Waals surface area contributed by atoms with E-state index in [-0.39, 0.29) is 5.56 Å². The van der Waals surface area contributed by atoms with E-state index >= 15 is 0 Å². The van der Waals surface area contributed by atoms with Crippen molar-refractivity contribution in [1.82, 2.24) is 0 Å². The first kappa shape index (κ1) is 6.14. The summed E-state index contributed by atoms with van der Waals surface area (Å²) in [4.78, 5) is 0. The average Bonchev–Trinajstić information content (AvgIpc) is 2.90. The van der Waals surface area contributed by atoms with Crippen LogP contribution in [0.1, 0.15) is 45.9 Å². The van der Waals surface area contributed by atoms with Gasteiger partial charge in [0.25, 0.3) is 0 Å². The highest BCUT2D eigenvalue weighted by atomic mass is 14.1. The van der Waals surface area contributed by atoms with Gasteiger partial charge in [-0.2, -0.15) is 0 Å². The Morgan fingerprint density at radius 1 is 0.600 bits per heavy atom. The fourth-order valence-electron chi connectivity index (χ4n) is 2.45. The second-order valence-electron chi connectivity index (χ2n) is 5.69. The molecule has 0 aromatic heterocycles. The zero-order chi connectivity index (χ0) is 30.3. The Morgan fingerprint density at radius 3 is 1.72 bits per heavy atom. The van der Waals surface area contributed by atoms with Crippen LogP contribution in [0.4, 0.5) is 0 Å². The predicted octanol–water partition coefficient (Wildman–Crippen LogP) is 7.30. The van der Waals surface area contributed by atoms with Crippen molar-refractivity contribution in [3.63, 3.8) is 0 Å². The highest BCUT2D eigenvalue weighted by Crippen LogP contribution is 2.36. The molecule has 0 fully saturated rings. The van der Waals surface area contributed by atoms with E-state index in [9.17, 15) is 0 Å².